The summed E-state index contributed by atoms with van der Waals surface area (Å²) in [4.78, 5) is 11.2. The second kappa shape index (κ2) is 5.60. The van der Waals surface area contributed by atoms with Gasteiger partial charge in [0.15, 0.2) is 5.37 Å². The molecular formula is C10H12FNO2S. The molecule has 5 heteroatoms. The van der Waals surface area contributed by atoms with Crippen molar-refractivity contribution in [2.75, 3.05) is 11.9 Å². The molecule has 0 aliphatic carbocycles. The minimum absolute atomic E-state index is 0.307. The molecule has 1 aromatic carbocycles. The third kappa shape index (κ3) is 3.79. The van der Waals surface area contributed by atoms with Crippen molar-refractivity contribution in [2.24, 2.45) is 0 Å². The second-order valence-corrected chi connectivity index (χ2v) is 3.32. The average molecular weight is 229 g/mol. The molecule has 0 aromatic heterocycles. The van der Waals surface area contributed by atoms with E-state index in [9.17, 15) is 9.18 Å². The van der Waals surface area contributed by atoms with Crippen molar-refractivity contribution < 1.29 is 13.9 Å². The molecule has 0 aliphatic heterocycles. The number of benzene rings is 1. The van der Waals surface area contributed by atoms with Crippen molar-refractivity contribution in [2.45, 2.75) is 12.3 Å². The van der Waals surface area contributed by atoms with E-state index in [4.69, 9.17) is 4.74 Å². The zero-order chi connectivity index (χ0) is 11.3. The van der Waals surface area contributed by atoms with Crippen LogP contribution in [0.5, 0.6) is 0 Å². The molecule has 15 heavy (non-hydrogen) atoms. The molecule has 1 aromatic rings. The van der Waals surface area contributed by atoms with Crippen LogP contribution in [-0.4, -0.2) is 18.0 Å². The average Bonchev–Trinajstić information content (AvgIpc) is 2.22. The van der Waals surface area contributed by atoms with Crippen molar-refractivity contribution in [1.82, 2.24) is 0 Å². The fraction of sp³-hybridized carbons (Fsp3) is 0.300. The molecule has 3 nitrogen and oxygen atoms in total. The molecule has 0 spiro atoms. The maximum Gasteiger partial charge on any atom is 0.338 e. The molecule has 0 heterocycles. The Kier molecular flexibility index (Phi) is 4.42. The molecular weight excluding hydrogens is 217 g/mol. The summed E-state index contributed by atoms with van der Waals surface area (Å²) >= 11 is 4.02. The SMILES string of the molecule is CCOC(=O)C(S)Nc1ccc(F)cc1. The molecule has 1 unspecified atom stereocenters. The first kappa shape index (κ1) is 11.8. The number of nitrogens with one attached hydrogen (secondary N) is 1. The molecule has 0 aliphatic rings. The van der Waals surface area contributed by atoms with Gasteiger partial charge in [0.1, 0.15) is 5.82 Å². The normalized spacial score (nSPS) is 11.9. The van der Waals surface area contributed by atoms with Gasteiger partial charge in [-0.1, -0.05) is 0 Å². The fourth-order valence-corrected chi connectivity index (χ4v) is 1.21. The third-order valence-corrected chi connectivity index (χ3v) is 2.00. The second-order valence-electron chi connectivity index (χ2n) is 2.81. The summed E-state index contributed by atoms with van der Waals surface area (Å²) in [6.45, 7) is 2.03. The minimum Gasteiger partial charge on any atom is -0.464 e. The number of thiol groups is 1. The van der Waals surface area contributed by atoms with Gasteiger partial charge in [0, 0.05) is 5.69 Å². The van der Waals surface area contributed by atoms with E-state index in [0.29, 0.717) is 12.3 Å². The quantitative estimate of drug-likeness (QED) is 0.471. The number of ether oxygens (including phenoxy) is 1. The molecule has 1 rings (SSSR count). The Labute approximate surface area is 93.0 Å². The van der Waals surface area contributed by atoms with E-state index in [1.807, 2.05) is 0 Å². The van der Waals surface area contributed by atoms with E-state index in [0.717, 1.165) is 0 Å². The maximum absolute atomic E-state index is 12.6. The van der Waals surface area contributed by atoms with E-state index in [2.05, 4.69) is 17.9 Å². The van der Waals surface area contributed by atoms with Gasteiger partial charge < -0.3 is 10.1 Å². The van der Waals surface area contributed by atoms with E-state index in [-0.39, 0.29) is 5.82 Å². The highest BCUT2D eigenvalue weighted by Crippen LogP contribution is 2.11. The van der Waals surface area contributed by atoms with Crippen LogP contribution in [0.25, 0.3) is 0 Å². The van der Waals surface area contributed by atoms with E-state index in [1.165, 1.54) is 24.3 Å². The molecule has 0 saturated heterocycles. The molecule has 0 amide bonds. The number of hydrogen-bond donors (Lipinski definition) is 2. The maximum atomic E-state index is 12.6. The number of carbonyl (C=O) groups excluding carboxylic acids is 1. The van der Waals surface area contributed by atoms with Crippen LogP contribution in [0.1, 0.15) is 6.92 Å². The highest BCUT2D eigenvalue weighted by Gasteiger charge is 2.13. The Morgan fingerprint density at radius 2 is 2.13 bits per heavy atom. The largest absolute Gasteiger partial charge is 0.464 e. The van der Waals surface area contributed by atoms with E-state index >= 15 is 0 Å². The number of esters is 1. The summed E-state index contributed by atoms with van der Waals surface area (Å²) in [5.74, 6) is -0.780. The van der Waals surface area contributed by atoms with Gasteiger partial charge in [0.05, 0.1) is 6.61 Å². The molecule has 0 saturated carbocycles. The van der Waals surface area contributed by atoms with Crippen molar-refractivity contribution in [1.29, 1.82) is 0 Å². The fourth-order valence-electron chi connectivity index (χ4n) is 0.984. The van der Waals surface area contributed by atoms with Crippen LogP contribution in [0.2, 0.25) is 0 Å². The third-order valence-electron chi connectivity index (χ3n) is 1.66. The molecule has 0 fully saturated rings. The molecule has 82 valence electrons. The summed E-state index contributed by atoms with van der Waals surface area (Å²) in [5.41, 5.74) is 0.615. The molecule has 1 N–H and O–H groups in total. The smallest absolute Gasteiger partial charge is 0.338 e. The van der Waals surface area contributed by atoms with Gasteiger partial charge in [-0.3, -0.25) is 0 Å². The lowest BCUT2D eigenvalue weighted by atomic mass is 10.3. The van der Waals surface area contributed by atoms with Gasteiger partial charge in [-0.25, -0.2) is 9.18 Å². The van der Waals surface area contributed by atoms with E-state index in [1.54, 1.807) is 6.92 Å². The minimum atomic E-state index is -0.740. The predicted octanol–water partition coefficient (Wildman–Crippen LogP) is 2.06. The summed E-state index contributed by atoms with van der Waals surface area (Å²) in [5, 5.41) is 2.04. The Bertz CT molecular complexity index is 329. The lowest BCUT2D eigenvalue weighted by molar-refractivity contribution is -0.141. The highest BCUT2D eigenvalue weighted by atomic mass is 32.1. The first-order chi connectivity index (χ1) is 7.13. The first-order valence-corrected chi connectivity index (χ1v) is 5.02. The number of anilines is 1. The summed E-state index contributed by atoms with van der Waals surface area (Å²) < 4.78 is 17.3. The van der Waals surface area contributed by atoms with Crippen molar-refractivity contribution in [3.8, 4) is 0 Å². The number of halogens is 1. The first-order valence-electron chi connectivity index (χ1n) is 4.50. The Hall–Kier alpha value is -1.23. The van der Waals surface area contributed by atoms with Gasteiger partial charge in [-0.15, -0.1) is 12.6 Å². The van der Waals surface area contributed by atoms with Crippen molar-refractivity contribution in [3.63, 3.8) is 0 Å². The van der Waals surface area contributed by atoms with Gasteiger partial charge >= 0.3 is 5.97 Å². The predicted molar refractivity (Wildman–Crippen MR) is 59.4 cm³/mol. The summed E-state index contributed by atoms with van der Waals surface area (Å²) in [6, 6.07) is 5.65. The van der Waals surface area contributed by atoms with Gasteiger partial charge in [0.25, 0.3) is 0 Å². The number of hydrogen-bond acceptors (Lipinski definition) is 4. The zero-order valence-corrected chi connectivity index (χ0v) is 9.13. The Morgan fingerprint density at radius 3 is 2.67 bits per heavy atom. The number of rotatable bonds is 4. The van der Waals surface area contributed by atoms with Crippen LogP contribution >= 0.6 is 12.6 Å². The lowest BCUT2D eigenvalue weighted by Gasteiger charge is -2.12. The molecule has 0 radical (unpaired) electrons. The van der Waals surface area contributed by atoms with Crippen molar-refractivity contribution in [3.05, 3.63) is 30.1 Å². The van der Waals surface area contributed by atoms with Crippen LogP contribution in [0.4, 0.5) is 10.1 Å². The van der Waals surface area contributed by atoms with Gasteiger partial charge in [-0.2, -0.15) is 0 Å². The summed E-state index contributed by atoms with van der Waals surface area (Å²) in [6.07, 6.45) is 0. The van der Waals surface area contributed by atoms with Crippen LogP contribution in [0.15, 0.2) is 24.3 Å². The van der Waals surface area contributed by atoms with Gasteiger partial charge in [-0.05, 0) is 31.2 Å². The van der Waals surface area contributed by atoms with Crippen LogP contribution < -0.4 is 5.32 Å². The van der Waals surface area contributed by atoms with Crippen LogP contribution in [0.3, 0.4) is 0 Å². The van der Waals surface area contributed by atoms with E-state index < -0.39 is 11.3 Å². The number of carbonyl (C=O) groups is 1. The van der Waals surface area contributed by atoms with Crippen LogP contribution in [0, 0.1) is 5.82 Å². The lowest BCUT2D eigenvalue weighted by Crippen LogP contribution is -2.25. The zero-order valence-electron chi connectivity index (χ0n) is 8.24. The van der Waals surface area contributed by atoms with Gasteiger partial charge in [0.2, 0.25) is 0 Å². The standard InChI is InChI=1S/C10H12FNO2S/c1-2-14-10(13)9(15)12-8-5-3-7(11)4-6-8/h3-6,9,12,15H,2H2,1H3. The van der Waals surface area contributed by atoms with Crippen LogP contribution in [-0.2, 0) is 9.53 Å². The summed E-state index contributed by atoms with van der Waals surface area (Å²) in [7, 11) is 0. The Balaban J connectivity index is 2.54. The molecule has 0 bridgehead atoms. The Morgan fingerprint density at radius 1 is 1.53 bits per heavy atom. The highest BCUT2D eigenvalue weighted by molar-refractivity contribution is 7.81. The topological polar surface area (TPSA) is 38.3 Å². The van der Waals surface area contributed by atoms with Crippen molar-refractivity contribution >= 4 is 24.3 Å². The molecule has 1 atom stereocenters. The monoisotopic (exact) mass is 229 g/mol.